The van der Waals surface area contributed by atoms with Gasteiger partial charge in [0, 0.05) is 43.9 Å². The standard InChI is InChI=1S/C22H24ClN5O/c23-18-15-17(6-7-19(18)26-10-3-4-11-26)22(29)27-13-8-16(9-14-27)21-25-24-20-5-1-2-12-28(20)21/h1-2,5-7,12,15-16H,3-4,8-11,13-14H2. The summed E-state index contributed by atoms with van der Waals surface area (Å²) < 4.78 is 2.05. The van der Waals surface area contributed by atoms with E-state index in [1.165, 1.54) is 12.8 Å². The summed E-state index contributed by atoms with van der Waals surface area (Å²) in [5.74, 6) is 1.37. The fourth-order valence-corrected chi connectivity index (χ4v) is 4.82. The molecule has 150 valence electrons. The number of benzene rings is 1. The summed E-state index contributed by atoms with van der Waals surface area (Å²) in [5, 5.41) is 9.32. The summed E-state index contributed by atoms with van der Waals surface area (Å²) in [5.41, 5.74) is 2.58. The molecule has 0 radical (unpaired) electrons. The highest BCUT2D eigenvalue weighted by Gasteiger charge is 2.28. The van der Waals surface area contributed by atoms with Crippen LogP contribution in [0, 0.1) is 0 Å². The fraction of sp³-hybridized carbons (Fsp3) is 0.409. The van der Waals surface area contributed by atoms with E-state index in [1.807, 2.05) is 47.5 Å². The van der Waals surface area contributed by atoms with Gasteiger partial charge >= 0.3 is 0 Å². The number of piperidine rings is 1. The molecule has 7 heteroatoms. The highest BCUT2D eigenvalue weighted by atomic mass is 35.5. The number of amides is 1. The van der Waals surface area contributed by atoms with Crippen molar-refractivity contribution in [2.24, 2.45) is 0 Å². The molecule has 5 rings (SSSR count). The minimum atomic E-state index is 0.0597. The Hall–Kier alpha value is -2.60. The minimum absolute atomic E-state index is 0.0597. The first-order chi connectivity index (χ1) is 14.2. The number of carbonyl (C=O) groups is 1. The monoisotopic (exact) mass is 409 g/mol. The largest absolute Gasteiger partial charge is 0.370 e. The molecular weight excluding hydrogens is 386 g/mol. The lowest BCUT2D eigenvalue weighted by molar-refractivity contribution is 0.0711. The number of hydrogen-bond acceptors (Lipinski definition) is 4. The number of rotatable bonds is 3. The number of halogens is 1. The second-order valence-electron chi connectivity index (χ2n) is 7.91. The topological polar surface area (TPSA) is 53.7 Å². The molecule has 2 aromatic heterocycles. The molecule has 0 spiro atoms. The molecular formula is C22H24ClN5O. The number of pyridine rings is 1. The molecule has 0 unspecified atom stereocenters. The van der Waals surface area contributed by atoms with Gasteiger partial charge in [-0.1, -0.05) is 17.7 Å². The van der Waals surface area contributed by atoms with Crippen LogP contribution in [0.1, 0.15) is 47.8 Å². The third-order valence-corrected chi connectivity index (χ3v) is 6.43. The lowest BCUT2D eigenvalue weighted by Gasteiger charge is -2.31. The van der Waals surface area contributed by atoms with Gasteiger partial charge in [0.15, 0.2) is 5.65 Å². The van der Waals surface area contributed by atoms with Gasteiger partial charge in [0.05, 0.1) is 10.7 Å². The van der Waals surface area contributed by atoms with E-state index in [0.29, 0.717) is 16.5 Å². The van der Waals surface area contributed by atoms with Crippen LogP contribution in [-0.4, -0.2) is 51.6 Å². The molecule has 0 saturated carbocycles. The summed E-state index contributed by atoms with van der Waals surface area (Å²) in [6.07, 6.45) is 6.19. The number of carbonyl (C=O) groups excluding carboxylic acids is 1. The molecule has 4 heterocycles. The first-order valence-electron chi connectivity index (χ1n) is 10.3. The van der Waals surface area contributed by atoms with Crippen molar-refractivity contribution in [3.63, 3.8) is 0 Å². The van der Waals surface area contributed by atoms with Crippen LogP contribution in [0.2, 0.25) is 5.02 Å². The molecule has 29 heavy (non-hydrogen) atoms. The van der Waals surface area contributed by atoms with Gasteiger partial charge in [-0.05, 0) is 56.0 Å². The lowest BCUT2D eigenvalue weighted by atomic mass is 9.95. The van der Waals surface area contributed by atoms with E-state index < -0.39 is 0 Å². The molecule has 6 nitrogen and oxygen atoms in total. The van der Waals surface area contributed by atoms with Gasteiger partial charge in [-0.25, -0.2) is 0 Å². The summed E-state index contributed by atoms with van der Waals surface area (Å²) >= 11 is 6.51. The Morgan fingerprint density at radius 2 is 1.79 bits per heavy atom. The highest BCUT2D eigenvalue weighted by Crippen LogP contribution is 2.31. The molecule has 0 N–H and O–H groups in total. The van der Waals surface area contributed by atoms with Crippen LogP contribution in [0.5, 0.6) is 0 Å². The van der Waals surface area contributed by atoms with Crippen molar-refractivity contribution in [2.45, 2.75) is 31.6 Å². The molecule has 2 fully saturated rings. The molecule has 2 aliphatic rings. The lowest BCUT2D eigenvalue weighted by Crippen LogP contribution is -2.38. The Bertz CT molecular complexity index is 1030. The number of likely N-dealkylation sites (tertiary alicyclic amines) is 1. The quantitative estimate of drug-likeness (QED) is 0.656. The van der Waals surface area contributed by atoms with Crippen molar-refractivity contribution < 1.29 is 4.79 Å². The average molecular weight is 410 g/mol. The predicted molar refractivity (Wildman–Crippen MR) is 114 cm³/mol. The summed E-state index contributed by atoms with van der Waals surface area (Å²) in [6, 6.07) is 11.7. The Kier molecular flexibility index (Phi) is 4.87. The van der Waals surface area contributed by atoms with E-state index >= 15 is 0 Å². The average Bonchev–Trinajstić information content (AvgIpc) is 3.43. The van der Waals surface area contributed by atoms with Crippen molar-refractivity contribution in [3.8, 4) is 0 Å². The van der Waals surface area contributed by atoms with E-state index in [2.05, 4.69) is 19.5 Å². The molecule has 0 atom stereocenters. The van der Waals surface area contributed by atoms with Crippen LogP contribution in [-0.2, 0) is 0 Å². The second-order valence-corrected chi connectivity index (χ2v) is 8.32. The Morgan fingerprint density at radius 1 is 1.00 bits per heavy atom. The van der Waals surface area contributed by atoms with Crippen LogP contribution >= 0.6 is 11.6 Å². The third kappa shape index (κ3) is 3.46. The maximum Gasteiger partial charge on any atom is 0.253 e. The molecule has 2 aliphatic heterocycles. The Morgan fingerprint density at radius 3 is 2.55 bits per heavy atom. The van der Waals surface area contributed by atoms with E-state index in [9.17, 15) is 4.79 Å². The number of nitrogens with zero attached hydrogens (tertiary/aromatic N) is 5. The van der Waals surface area contributed by atoms with Gasteiger partial charge in [-0.15, -0.1) is 10.2 Å². The zero-order valence-electron chi connectivity index (χ0n) is 16.3. The zero-order valence-corrected chi connectivity index (χ0v) is 17.1. The number of anilines is 1. The van der Waals surface area contributed by atoms with Crippen LogP contribution in [0.25, 0.3) is 5.65 Å². The molecule has 0 bridgehead atoms. The van der Waals surface area contributed by atoms with Crippen LogP contribution in [0.15, 0.2) is 42.6 Å². The zero-order chi connectivity index (χ0) is 19.8. The van der Waals surface area contributed by atoms with E-state index in [-0.39, 0.29) is 5.91 Å². The van der Waals surface area contributed by atoms with Crippen LogP contribution in [0.3, 0.4) is 0 Å². The SMILES string of the molecule is O=C(c1ccc(N2CCCC2)c(Cl)c1)N1CCC(c2nnc3ccccn23)CC1. The first-order valence-corrected chi connectivity index (χ1v) is 10.7. The van der Waals surface area contributed by atoms with Gasteiger partial charge in [-0.2, -0.15) is 0 Å². The van der Waals surface area contributed by atoms with Crippen molar-refractivity contribution in [3.05, 3.63) is 59.0 Å². The normalized spacial score (nSPS) is 18.0. The predicted octanol–water partition coefficient (Wildman–Crippen LogP) is 4.00. The third-order valence-electron chi connectivity index (χ3n) is 6.13. The van der Waals surface area contributed by atoms with Crippen LogP contribution in [0.4, 0.5) is 5.69 Å². The summed E-state index contributed by atoms with van der Waals surface area (Å²) in [7, 11) is 0. The Balaban J connectivity index is 1.27. The second kappa shape index (κ2) is 7.67. The van der Waals surface area contributed by atoms with Gasteiger partial charge in [0.1, 0.15) is 5.82 Å². The number of hydrogen-bond donors (Lipinski definition) is 0. The minimum Gasteiger partial charge on any atom is -0.370 e. The number of fused-ring (bicyclic) bond motifs is 1. The van der Waals surface area contributed by atoms with Gasteiger partial charge in [0.25, 0.3) is 5.91 Å². The summed E-state index contributed by atoms with van der Waals surface area (Å²) in [4.78, 5) is 17.2. The smallest absolute Gasteiger partial charge is 0.253 e. The van der Waals surface area contributed by atoms with E-state index in [1.54, 1.807) is 0 Å². The number of aromatic nitrogens is 3. The maximum absolute atomic E-state index is 13.0. The van der Waals surface area contributed by atoms with Crippen molar-refractivity contribution in [1.29, 1.82) is 0 Å². The van der Waals surface area contributed by atoms with E-state index in [0.717, 1.165) is 56.2 Å². The van der Waals surface area contributed by atoms with Crippen LogP contribution < -0.4 is 4.90 Å². The van der Waals surface area contributed by atoms with Crippen molar-refractivity contribution >= 4 is 28.8 Å². The van der Waals surface area contributed by atoms with Gasteiger partial charge in [0.2, 0.25) is 0 Å². The molecule has 2 saturated heterocycles. The molecule has 3 aromatic rings. The van der Waals surface area contributed by atoms with E-state index in [4.69, 9.17) is 11.6 Å². The fourth-order valence-electron chi connectivity index (χ4n) is 4.52. The molecule has 1 amide bonds. The first kappa shape index (κ1) is 18.4. The van der Waals surface area contributed by atoms with Crippen molar-refractivity contribution in [1.82, 2.24) is 19.5 Å². The Labute approximate surface area is 175 Å². The van der Waals surface area contributed by atoms with Gasteiger partial charge in [-0.3, -0.25) is 9.20 Å². The summed E-state index contributed by atoms with van der Waals surface area (Å²) in [6.45, 7) is 3.52. The molecule has 0 aliphatic carbocycles. The van der Waals surface area contributed by atoms with Crippen molar-refractivity contribution in [2.75, 3.05) is 31.1 Å². The maximum atomic E-state index is 13.0. The van der Waals surface area contributed by atoms with Gasteiger partial charge < -0.3 is 9.80 Å². The highest BCUT2D eigenvalue weighted by molar-refractivity contribution is 6.33. The molecule has 1 aromatic carbocycles.